The largest absolute Gasteiger partial charge is 0.337 e. The molecule has 6 nitrogen and oxygen atoms in total. The molecule has 0 radical (unpaired) electrons. The zero-order valence-electron chi connectivity index (χ0n) is 13.4. The van der Waals surface area contributed by atoms with Crippen molar-refractivity contribution in [2.24, 2.45) is 5.73 Å². The van der Waals surface area contributed by atoms with Crippen molar-refractivity contribution in [3.05, 3.63) is 0 Å². The average molecular weight is 308 g/mol. The molecule has 0 saturated carbocycles. The Morgan fingerprint density at radius 1 is 1.05 bits per heavy atom. The Kier molecular flexibility index (Phi) is 4.98. The highest BCUT2D eigenvalue weighted by Gasteiger charge is 2.33. The maximum Gasteiger partial charge on any atom is 0.242 e. The Labute approximate surface area is 132 Å². The third kappa shape index (κ3) is 3.43. The van der Waals surface area contributed by atoms with Gasteiger partial charge in [-0.2, -0.15) is 0 Å². The Bertz CT molecular complexity index is 422. The summed E-state index contributed by atoms with van der Waals surface area (Å²) >= 11 is 0. The third-order valence-corrected chi connectivity index (χ3v) is 5.26. The molecule has 3 fully saturated rings. The number of hydrogen-bond acceptors (Lipinski definition) is 4. The Hall–Kier alpha value is -1.14. The average Bonchev–Trinajstić information content (AvgIpc) is 3.16. The van der Waals surface area contributed by atoms with Gasteiger partial charge in [-0.3, -0.25) is 9.59 Å². The van der Waals surface area contributed by atoms with E-state index in [0.29, 0.717) is 12.6 Å². The summed E-state index contributed by atoms with van der Waals surface area (Å²) in [6.45, 7) is 5.05. The number of carbonyl (C=O) groups excluding carboxylic acids is 2. The van der Waals surface area contributed by atoms with Crippen LogP contribution in [0.2, 0.25) is 0 Å². The van der Waals surface area contributed by atoms with Gasteiger partial charge in [0.15, 0.2) is 0 Å². The summed E-state index contributed by atoms with van der Waals surface area (Å²) in [5.74, 6) is 0.0408. The van der Waals surface area contributed by atoms with Crippen LogP contribution in [0.15, 0.2) is 0 Å². The number of piperidine rings is 1. The molecule has 0 unspecified atom stereocenters. The topological polar surface area (TPSA) is 69.9 Å². The van der Waals surface area contributed by atoms with E-state index in [2.05, 4.69) is 4.90 Å². The highest BCUT2D eigenvalue weighted by Crippen LogP contribution is 2.21. The van der Waals surface area contributed by atoms with Crippen LogP contribution in [0.1, 0.15) is 38.5 Å². The Morgan fingerprint density at radius 3 is 2.55 bits per heavy atom. The SMILES string of the molecule is N[C@H]1CCCN(CC(=O)N2CCC[C@H]2CN2CCCC2)C1=O. The molecule has 3 saturated heterocycles. The molecule has 3 rings (SSSR count). The lowest BCUT2D eigenvalue weighted by atomic mass is 10.1. The summed E-state index contributed by atoms with van der Waals surface area (Å²) in [7, 11) is 0. The van der Waals surface area contributed by atoms with Gasteiger partial charge in [0.05, 0.1) is 12.6 Å². The van der Waals surface area contributed by atoms with E-state index < -0.39 is 6.04 Å². The predicted octanol–water partition coefficient (Wildman–Crippen LogP) is 0.0229. The van der Waals surface area contributed by atoms with Crippen LogP contribution >= 0.6 is 0 Å². The van der Waals surface area contributed by atoms with E-state index in [9.17, 15) is 9.59 Å². The van der Waals surface area contributed by atoms with Gasteiger partial charge in [0.2, 0.25) is 11.8 Å². The fraction of sp³-hybridized carbons (Fsp3) is 0.875. The van der Waals surface area contributed by atoms with E-state index in [1.165, 1.54) is 12.8 Å². The zero-order valence-corrected chi connectivity index (χ0v) is 13.4. The quantitative estimate of drug-likeness (QED) is 0.795. The fourth-order valence-electron chi connectivity index (χ4n) is 4.00. The van der Waals surface area contributed by atoms with Crippen molar-refractivity contribution in [3.63, 3.8) is 0 Å². The van der Waals surface area contributed by atoms with E-state index in [-0.39, 0.29) is 18.4 Å². The Balaban J connectivity index is 1.55. The van der Waals surface area contributed by atoms with E-state index in [0.717, 1.165) is 51.9 Å². The van der Waals surface area contributed by atoms with E-state index in [1.807, 2.05) is 4.90 Å². The van der Waals surface area contributed by atoms with Crippen LogP contribution in [0.3, 0.4) is 0 Å². The van der Waals surface area contributed by atoms with Crippen molar-refractivity contribution in [1.29, 1.82) is 0 Å². The highest BCUT2D eigenvalue weighted by molar-refractivity contribution is 5.88. The van der Waals surface area contributed by atoms with Crippen molar-refractivity contribution in [1.82, 2.24) is 14.7 Å². The second-order valence-corrected chi connectivity index (χ2v) is 6.90. The highest BCUT2D eigenvalue weighted by atomic mass is 16.2. The first-order chi connectivity index (χ1) is 10.6. The van der Waals surface area contributed by atoms with E-state index >= 15 is 0 Å². The number of likely N-dealkylation sites (tertiary alicyclic amines) is 3. The van der Waals surface area contributed by atoms with Gasteiger partial charge in [0.25, 0.3) is 0 Å². The van der Waals surface area contributed by atoms with Gasteiger partial charge < -0.3 is 20.4 Å². The first kappa shape index (κ1) is 15.7. The molecule has 0 aromatic carbocycles. The minimum Gasteiger partial charge on any atom is -0.337 e. The molecule has 3 heterocycles. The van der Waals surface area contributed by atoms with Gasteiger partial charge >= 0.3 is 0 Å². The molecule has 0 aliphatic carbocycles. The minimum absolute atomic E-state index is 0.0603. The summed E-state index contributed by atoms with van der Waals surface area (Å²) in [6.07, 6.45) is 6.37. The molecule has 0 bridgehead atoms. The maximum atomic E-state index is 12.6. The molecular weight excluding hydrogens is 280 g/mol. The van der Waals surface area contributed by atoms with Crippen LogP contribution in [0.4, 0.5) is 0 Å². The van der Waals surface area contributed by atoms with Crippen molar-refractivity contribution in [2.45, 2.75) is 50.6 Å². The standard InChI is InChI=1S/C16H28N4O2/c17-14-6-4-9-19(16(14)22)12-15(21)20-10-3-5-13(20)11-18-7-1-2-8-18/h13-14H,1-12,17H2/t13-,14-/m0/s1. The summed E-state index contributed by atoms with van der Waals surface area (Å²) in [5.41, 5.74) is 5.81. The molecule has 0 spiro atoms. The molecule has 2 amide bonds. The number of amides is 2. The summed E-state index contributed by atoms with van der Waals surface area (Å²) in [5, 5.41) is 0. The van der Waals surface area contributed by atoms with Crippen molar-refractivity contribution >= 4 is 11.8 Å². The number of nitrogens with two attached hydrogens (primary N) is 1. The maximum absolute atomic E-state index is 12.6. The van der Waals surface area contributed by atoms with Crippen molar-refractivity contribution in [2.75, 3.05) is 39.3 Å². The molecule has 2 atom stereocenters. The summed E-state index contributed by atoms with van der Waals surface area (Å²) in [4.78, 5) is 30.8. The molecule has 3 aliphatic rings. The van der Waals surface area contributed by atoms with Gasteiger partial charge in [-0.05, 0) is 51.6 Å². The zero-order chi connectivity index (χ0) is 15.5. The molecule has 3 aliphatic heterocycles. The normalized spacial score (nSPS) is 30.3. The monoisotopic (exact) mass is 308 g/mol. The van der Waals surface area contributed by atoms with Gasteiger partial charge in [-0.15, -0.1) is 0 Å². The predicted molar refractivity (Wildman–Crippen MR) is 84.2 cm³/mol. The molecule has 6 heteroatoms. The second kappa shape index (κ2) is 6.96. The summed E-state index contributed by atoms with van der Waals surface area (Å²) < 4.78 is 0. The smallest absolute Gasteiger partial charge is 0.242 e. The van der Waals surface area contributed by atoms with Crippen LogP contribution in [0, 0.1) is 0 Å². The minimum atomic E-state index is -0.416. The number of nitrogens with zero attached hydrogens (tertiary/aromatic N) is 3. The molecule has 0 aromatic heterocycles. The lowest BCUT2D eigenvalue weighted by Gasteiger charge is -2.33. The first-order valence-electron chi connectivity index (χ1n) is 8.71. The van der Waals surface area contributed by atoms with Crippen molar-refractivity contribution < 1.29 is 9.59 Å². The molecule has 2 N–H and O–H groups in total. The van der Waals surface area contributed by atoms with E-state index in [4.69, 9.17) is 5.73 Å². The van der Waals surface area contributed by atoms with Gasteiger partial charge in [-0.1, -0.05) is 0 Å². The van der Waals surface area contributed by atoms with Crippen LogP contribution in [0.5, 0.6) is 0 Å². The lowest BCUT2D eigenvalue weighted by molar-refractivity contribution is -0.143. The van der Waals surface area contributed by atoms with Gasteiger partial charge in [0, 0.05) is 25.7 Å². The third-order valence-electron chi connectivity index (χ3n) is 5.26. The number of carbonyl (C=O) groups is 2. The van der Waals surface area contributed by atoms with Crippen LogP contribution < -0.4 is 5.73 Å². The molecular formula is C16H28N4O2. The fourth-order valence-corrected chi connectivity index (χ4v) is 4.00. The van der Waals surface area contributed by atoms with Gasteiger partial charge in [0.1, 0.15) is 0 Å². The van der Waals surface area contributed by atoms with Crippen LogP contribution in [-0.2, 0) is 9.59 Å². The molecule has 0 aromatic rings. The lowest BCUT2D eigenvalue weighted by Crippen LogP contribution is -2.53. The van der Waals surface area contributed by atoms with E-state index in [1.54, 1.807) is 4.90 Å². The summed E-state index contributed by atoms with van der Waals surface area (Å²) in [6, 6.07) is -0.0836. The first-order valence-corrected chi connectivity index (χ1v) is 8.71. The number of hydrogen-bond donors (Lipinski definition) is 1. The second-order valence-electron chi connectivity index (χ2n) is 6.90. The van der Waals surface area contributed by atoms with Crippen LogP contribution in [-0.4, -0.2) is 77.9 Å². The Morgan fingerprint density at radius 2 is 1.77 bits per heavy atom. The molecule has 124 valence electrons. The van der Waals surface area contributed by atoms with Crippen LogP contribution in [0.25, 0.3) is 0 Å². The van der Waals surface area contributed by atoms with Crippen molar-refractivity contribution in [3.8, 4) is 0 Å². The van der Waals surface area contributed by atoms with Gasteiger partial charge in [-0.25, -0.2) is 0 Å². The number of rotatable bonds is 4. The molecule has 22 heavy (non-hydrogen) atoms.